The Morgan fingerprint density at radius 2 is 2.13 bits per heavy atom. The number of carbonyl (C=O) groups is 1. The predicted molar refractivity (Wildman–Crippen MR) is 65.0 cm³/mol. The van der Waals surface area contributed by atoms with Crippen molar-refractivity contribution in [2.24, 2.45) is 0 Å². The first-order chi connectivity index (χ1) is 7.16. The zero-order chi connectivity index (χ0) is 11.3. The fraction of sp³-hybridized carbons (Fsp3) is 0.364. The summed E-state index contributed by atoms with van der Waals surface area (Å²) in [4.78, 5) is 13.6. The highest BCUT2D eigenvalue weighted by atomic mass is 79.9. The summed E-state index contributed by atoms with van der Waals surface area (Å²) in [5.74, 6) is 0.0396. The Balaban J connectivity index is 2.72. The van der Waals surface area contributed by atoms with Crippen LogP contribution < -0.4 is 5.32 Å². The van der Waals surface area contributed by atoms with E-state index in [-0.39, 0.29) is 5.91 Å². The predicted octanol–water partition coefficient (Wildman–Crippen LogP) is 1.74. The Kier molecular flexibility index (Phi) is 4.78. The van der Waals surface area contributed by atoms with Gasteiger partial charge in [-0.05, 0) is 35.1 Å². The van der Waals surface area contributed by atoms with Crippen molar-refractivity contribution in [3.05, 3.63) is 34.3 Å². The molecule has 0 aliphatic heterocycles. The molecule has 0 bridgehead atoms. The molecule has 0 aromatic heterocycles. The van der Waals surface area contributed by atoms with Gasteiger partial charge < -0.3 is 10.2 Å². The Bertz CT molecular complexity index is 341. The van der Waals surface area contributed by atoms with Gasteiger partial charge in [-0.15, -0.1) is 0 Å². The van der Waals surface area contributed by atoms with Crippen molar-refractivity contribution in [3.63, 3.8) is 0 Å². The molecule has 0 fully saturated rings. The Morgan fingerprint density at radius 3 is 2.73 bits per heavy atom. The van der Waals surface area contributed by atoms with Crippen molar-refractivity contribution in [2.45, 2.75) is 0 Å². The zero-order valence-corrected chi connectivity index (χ0v) is 10.5. The number of nitrogens with one attached hydrogen (secondary N) is 1. The van der Waals surface area contributed by atoms with E-state index in [2.05, 4.69) is 21.2 Å². The highest BCUT2D eigenvalue weighted by molar-refractivity contribution is 9.10. The van der Waals surface area contributed by atoms with E-state index in [4.69, 9.17) is 0 Å². The molecule has 0 saturated carbocycles. The molecule has 0 atom stereocenters. The molecule has 0 heterocycles. The van der Waals surface area contributed by atoms with Crippen LogP contribution >= 0.6 is 15.9 Å². The summed E-state index contributed by atoms with van der Waals surface area (Å²) in [6.07, 6.45) is 0. The molecule has 3 nitrogen and oxygen atoms in total. The minimum absolute atomic E-state index is 0.0396. The van der Waals surface area contributed by atoms with Gasteiger partial charge in [0.15, 0.2) is 0 Å². The van der Waals surface area contributed by atoms with Crippen molar-refractivity contribution >= 4 is 21.8 Å². The lowest BCUT2D eigenvalue weighted by Crippen LogP contribution is -2.32. The number of rotatable bonds is 4. The van der Waals surface area contributed by atoms with Gasteiger partial charge in [-0.2, -0.15) is 0 Å². The molecule has 0 unspecified atom stereocenters. The van der Waals surface area contributed by atoms with Gasteiger partial charge in [0.05, 0.1) is 5.56 Å². The lowest BCUT2D eigenvalue weighted by Gasteiger charge is -2.17. The van der Waals surface area contributed by atoms with E-state index in [0.717, 1.165) is 11.0 Å². The van der Waals surface area contributed by atoms with Crippen LogP contribution in [0.5, 0.6) is 0 Å². The van der Waals surface area contributed by atoms with Gasteiger partial charge in [0.2, 0.25) is 0 Å². The summed E-state index contributed by atoms with van der Waals surface area (Å²) >= 11 is 3.37. The van der Waals surface area contributed by atoms with E-state index in [9.17, 15) is 4.79 Å². The largest absolute Gasteiger partial charge is 0.340 e. The maximum atomic E-state index is 11.9. The van der Waals surface area contributed by atoms with Gasteiger partial charge in [0.1, 0.15) is 0 Å². The lowest BCUT2D eigenvalue weighted by atomic mass is 10.2. The van der Waals surface area contributed by atoms with Crippen LogP contribution in [0, 0.1) is 0 Å². The van der Waals surface area contributed by atoms with Crippen LogP contribution in [0.4, 0.5) is 0 Å². The molecule has 1 aromatic carbocycles. The number of halogens is 1. The molecule has 0 radical (unpaired) electrons. The molecule has 1 N–H and O–H groups in total. The topological polar surface area (TPSA) is 32.3 Å². The number of nitrogens with zero attached hydrogens (tertiary/aromatic N) is 1. The third-order valence-corrected chi connectivity index (χ3v) is 2.84. The zero-order valence-electron chi connectivity index (χ0n) is 8.96. The quantitative estimate of drug-likeness (QED) is 0.904. The van der Waals surface area contributed by atoms with Crippen LogP contribution in [0.25, 0.3) is 0 Å². The second-order valence-electron chi connectivity index (χ2n) is 3.31. The van der Waals surface area contributed by atoms with E-state index in [1.165, 1.54) is 0 Å². The fourth-order valence-electron chi connectivity index (χ4n) is 1.22. The number of carbonyl (C=O) groups excluding carboxylic acids is 1. The molecule has 0 aliphatic carbocycles. The van der Waals surface area contributed by atoms with E-state index < -0.39 is 0 Å². The van der Waals surface area contributed by atoms with Crippen LogP contribution in [-0.4, -0.2) is 38.0 Å². The van der Waals surface area contributed by atoms with Gasteiger partial charge in [0.25, 0.3) is 5.91 Å². The highest BCUT2D eigenvalue weighted by Crippen LogP contribution is 2.17. The summed E-state index contributed by atoms with van der Waals surface area (Å²) in [7, 11) is 3.68. The Labute approximate surface area is 98.6 Å². The van der Waals surface area contributed by atoms with Crippen LogP contribution in [0.15, 0.2) is 28.7 Å². The van der Waals surface area contributed by atoms with Crippen molar-refractivity contribution < 1.29 is 4.79 Å². The Morgan fingerprint density at radius 1 is 1.47 bits per heavy atom. The first kappa shape index (κ1) is 12.2. The van der Waals surface area contributed by atoms with Crippen molar-refractivity contribution in [1.82, 2.24) is 10.2 Å². The van der Waals surface area contributed by atoms with Crippen molar-refractivity contribution in [1.29, 1.82) is 0 Å². The molecular formula is C11H15BrN2O. The highest BCUT2D eigenvalue weighted by Gasteiger charge is 2.13. The molecule has 0 spiro atoms. The number of hydrogen-bond donors (Lipinski definition) is 1. The fourth-order valence-corrected chi connectivity index (χ4v) is 1.68. The minimum atomic E-state index is 0.0396. The van der Waals surface area contributed by atoms with E-state index >= 15 is 0 Å². The summed E-state index contributed by atoms with van der Waals surface area (Å²) < 4.78 is 0.839. The van der Waals surface area contributed by atoms with Crippen LogP contribution in [-0.2, 0) is 0 Å². The molecule has 1 aromatic rings. The van der Waals surface area contributed by atoms with E-state index in [1.54, 1.807) is 11.9 Å². The smallest absolute Gasteiger partial charge is 0.254 e. The van der Waals surface area contributed by atoms with Gasteiger partial charge in [0, 0.05) is 24.6 Å². The standard InChI is InChI=1S/C11H15BrN2O/c1-13-7-8-14(2)11(15)9-5-3-4-6-10(9)12/h3-6,13H,7-8H2,1-2H3. The molecule has 1 rings (SSSR count). The number of hydrogen-bond acceptors (Lipinski definition) is 2. The Hall–Kier alpha value is -0.870. The number of amides is 1. The first-order valence-corrected chi connectivity index (χ1v) is 5.60. The van der Waals surface area contributed by atoms with E-state index in [1.807, 2.05) is 31.3 Å². The average molecular weight is 271 g/mol. The second kappa shape index (κ2) is 5.88. The summed E-state index contributed by atoms with van der Waals surface area (Å²) in [6, 6.07) is 7.46. The summed E-state index contributed by atoms with van der Waals surface area (Å²) in [5.41, 5.74) is 0.705. The molecule has 4 heteroatoms. The van der Waals surface area contributed by atoms with Crippen LogP contribution in [0.1, 0.15) is 10.4 Å². The molecular weight excluding hydrogens is 256 g/mol. The third kappa shape index (κ3) is 3.32. The van der Waals surface area contributed by atoms with Gasteiger partial charge in [-0.25, -0.2) is 0 Å². The van der Waals surface area contributed by atoms with Gasteiger partial charge >= 0.3 is 0 Å². The lowest BCUT2D eigenvalue weighted by molar-refractivity contribution is 0.0796. The van der Waals surface area contributed by atoms with Crippen molar-refractivity contribution in [2.75, 3.05) is 27.2 Å². The monoisotopic (exact) mass is 270 g/mol. The SMILES string of the molecule is CNCCN(C)C(=O)c1ccccc1Br. The normalized spacial score (nSPS) is 10.1. The van der Waals surface area contributed by atoms with Gasteiger partial charge in [-0.1, -0.05) is 12.1 Å². The average Bonchev–Trinajstić information content (AvgIpc) is 2.25. The van der Waals surface area contributed by atoms with Crippen LogP contribution in [0.3, 0.4) is 0 Å². The molecule has 82 valence electrons. The second-order valence-corrected chi connectivity index (χ2v) is 4.16. The maximum absolute atomic E-state index is 11.9. The summed E-state index contributed by atoms with van der Waals surface area (Å²) in [5, 5.41) is 3.01. The summed E-state index contributed by atoms with van der Waals surface area (Å²) in [6.45, 7) is 1.50. The van der Waals surface area contributed by atoms with E-state index in [0.29, 0.717) is 12.1 Å². The first-order valence-electron chi connectivity index (χ1n) is 4.81. The van der Waals surface area contributed by atoms with Crippen molar-refractivity contribution in [3.8, 4) is 0 Å². The number of benzene rings is 1. The van der Waals surface area contributed by atoms with Crippen LogP contribution in [0.2, 0.25) is 0 Å². The minimum Gasteiger partial charge on any atom is -0.340 e. The molecule has 0 saturated heterocycles. The maximum Gasteiger partial charge on any atom is 0.254 e. The number of likely N-dealkylation sites (N-methyl/N-ethyl adjacent to an activating group) is 2. The molecule has 1 amide bonds. The molecule has 0 aliphatic rings. The molecule has 15 heavy (non-hydrogen) atoms. The van der Waals surface area contributed by atoms with Gasteiger partial charge in [-0.3, -0.25) is 4.79 Å². The third-order valence-electron chi connectivity index (χ3n) is 2.15.